The van der Waals surface area contributed by atoms with E-state index < -0.39 is 32.4 Å². The molecule has 0 heterocycles. The van der Waals surface area contributed by atoms with Crippen LogP contribution in [0.1, 0.15) is 5.56 Å². The first kappa shape index (κ1) is 15.7. The predicted molar refractivity (Wildman–Crippen MR) is 73.3 cm³/mol. The van der Waals surface area contributed by atoms with Gasteiger partial charge in [0.1, 0.15) is 4.90 Å². The summed E-state index contributed by atoms with van der Waals surface area (Å²) in [7, 11) is -4.40. The van der Waals surface area contributed by atoms with E-state index in [2.05, 4.69) is 0 Å². The minimum atomic E-state index is -4.40. The van der Waals surface area contributed by atoms with Gasteiger partial charge in [0.2, 0.25) is 0 Å². The topological polar surface area (TPSA) is 46.2 Å². The van der Waals surface area contributed by atoms with Gasteiger partial charge in [0.05, 0.1) is 5.69 Å². The van der Waals surface area contributed by atoms with Crippen molar-refractivity contribution in [3.05, 3.63) is 58.4 Å². The Morgan fingerprint density at radius 1 is 1.05 bits per heavy atom. The zero-order chi connectivity index (χ0) is 15.8. The minimum absolute atomic E-state index is 0.0785. The Hall–Kier alpha value is -1.73. The number of benzene rings is 2. The molecular weight excluding hydrogens is 327 g/mol. The lowest BCUT2D eigenvalue weighted by Crippen LogP contribution is -2.15. The summed E-state index contributed by atoms with van der Waals surface area (Å²) in [6, 6.07) is 5.48. The van der Waals surface area contributed by atoms with Crippen molar-refractivity contribution in [2.45, 2.75) is 11.8 Å². The number of hydrogen-bond acceptors (Lipinski definition) is 2. The molecule has 0 saturated carbocycles. The van der Waals surface area contributed by atoms with Crippen molar-refractivity contribution in [2.24, 2.45) is 0 Å². The van der Waals surface area contributed by atoms with E-state index in [0.717, 1.165) is 5.56 Å². The van der Waals surface area contributed by atoms with Crippen molar-refractivity contribution in [1.82, 2.24) is 0 Å². The minimum Gasteiger partial charge on any atom is -0.279 e. The van der Waals surface area contributed by atoms with Gasteiger partial charge >= 0.3 is 0 Å². The molecule has 112 valence electrons. The molecule has 21 heavy (non-hydrogen) atoms. The zero-order valence-corrected chi connectivity index (χ0v) is 12.2. The van der Waals surface area contributed by atoms with Crippen molar-refractivity contribution < 1.29 is 21.6 Å². The van der Waals surface area contributed by atoms with Gasteiger partial charge in [-0.1, -0.05) is 17.7 Å². The quantitative estimate of drug-likeness (QED) is 0.866. The molecule has 0 saturated heterocycles. The highest BCUT2D eigenvalue weighted by Gasteiger charge is 2.24. The predicted octanol–water partition coefficient (Wildman–Crippen LogP) is 3.87. The summed E-state index contributed by atoms with van der Waals surface area (Å²) in [6.45, 7) is 1.72. The number of halogens is 4. The van der Waals surface area contributed by atoms with Crippen molar-refractivity contribution in [3.63, 3.8) is 0 Å². The molecule has 0 aliphatic rings. The smallest absolute Gasteiger partial charge is 0.264 e. The molecule has 3 nitrogen and oxygen atoms in total. The number of hydrogen-bond donors (Lipinski definition) is 1. The Bertz CT molecular complexity index is 809. The molecule has 2 aromatic carbocycles. The first-order valence-electron chi connectivity index (χ1n) is 5.65. The first-order chi connectivity index (χ1) is 9.72. The van der Waals surface area contributed by atoms with Gasteiger partial charge in [-0.3, -0.25) is 4.72 Å². The van der Waals surface area contributed by atoms with Gasteiger partial charge in [-0.05, 0) is 36.8 Å². The summed E-state index contributed by atoms with van der Waals surface area (Å²) in [6.07, 6.45) is 0. The van der Waals surface area contributed by atoms with Crippen molar-refractivity contribution in [2.75, 3.05) is 4.72 Å². The van der Waals surface area contributed by atoms with Crippen LogP contribution >= 0.6 is 11.6 Å². The van der Waals surface area contributed by atoms with Crippen LogP contribution < -0.4 is 4.72 Å². The third-order valence-electron chi connectivity index (χ3n) is 2.71. The van der Waals surface area contributed by atoms with Crippen LogP contribution in [0.3, 0.4) is 0 Å². The van der Waals surface area contributed by atoms with E-state index in [1.54, 1.807) is 13.0 Å². The van der Waals surface area contributed by atoms with E-state index in [-0.39, 0.29) is 5.69 Å². The molecule has 0 unspecified atom stereocenters. The summed E-state index contributed by atoms with van der Waals surface area (Å²) < 4.78 is 65.5. The number of rotatable bonds is 3. The normalized spacial score (nSPS) is 11.5. The van der Waals surface area contributed by atoms with Gasteiger partial charge < -0.3 is 0 Å². The number of nitrogens with one attached hydrogen (secondary N) is 1. The molecule has 0 aliphatic heterocycles. The second-order valence-corrected chi connectivity index (χ2v) is 6.30. The molecule has 2 rings (SSSR count). The van der Waals surface area contributed by atoms with E-state index in [1.165, 1.54) is 12.1 Å². The van der Waals surface area contributed by atoms with Crippen LogP contribution in [0.2, 0.25) is 5.02 Å². The molecule has 0 aromatic heterocycles. The fraction of sp³-hybridized carbons (Fsp3) is 0.0769. The Morgan fingerprint density at radius 3 is 2.33 bits per heavy atom. The Kier molecular flexibility index (Phi) is 4.15. The molecule has 1 N–H and O–H groups in total. The maximum atomic E-state index is 13.5. The average molecular weight is 336 g/mol. The molecule has 0 spiro atoms. The number of sulfonamides is 1. The fourth-order valence-corrected chi connectivity index (χ4v) is 2.88. The fourth-order valence-electron chi connectivity index (χ4n) is 1.58. The summed E-state index contributed by atoms with van der Waals surface area (Å²) >= 11 is 5.85. The van der Waals surface area contributed by atoms with Crippen LogP contribution in [0.25, 0.3) is 0 Å². The van der Waals surface area contributed by atoms with Gasteiger partial charge in [0.15, 0.2) is 17.5 Å². The van der Waals surface area contributed by atoms with Gasteiger partial charge in [0.25, 0.3) is 10.0 Å². The van der Waals surface area contributed by atoms with Crippen molar-refractivity contribution >= 4 is 27.3 Å². The zero-order valence-electron chi connectivity index (χ0n) is 10.6. The molecule has 2 aromatic rings. The van der Waals surface area contributed by atoms with Crippen LogP contribution in [-0.2, 0) is 10.0 Å². The van der Waals surface area contributed by atoms with Crippen LogP contribution in [0.4, 0.5) is 18.9 Å². The monoisotopic (exact) mass is 335 g/mol. The van der Waals surface area contributed by atoms with Crippen LogP contribution in [0, 0.1) is 24.4 Å². The second kappa shape index (κ2) is 5.57. The molecule has 0 aliphatic carbocycles. The Morgan fingerprint density at radius 2 is 1.71 bits per heavy atom. The van der Waals surface area contributed by atoms with Crippen molar-refractivity contribution in [3.8, 4) is 0 Å². The summed E-state index contributed by atoms with van der Waals surface area (Å²) in [5.74, 6) is -5.09. The lowest BCUT2D eigenvalue weighted by Gasteiger charge is -2.10. The van der Waals surface area contributed by atoms with E-state index in [0.29, 0.717) is 17.2 Å². The van der Waals surface area contributed by atoms with Crippen LogP contribution in [-0.4, -0.2) is 8.42 Å². The number of anilines is 1. The standard InChI is InChI=1S/C13H9ClF3NO2S/c1-7-2-3-8(6-9(7)14)18-21(19,20)11-5-4-10(15)12(16)13(11)17/h2-6,18H,1H3. The maximum Gasteiger partial charge on any atom is 0.264 e. The molecule has 0 fully saturated rings. The van der Waals surface area contributed by atoms with Crippen molar-refractivity contribution in [1.29, 1.82) is 0 Å². The molecule has 0 atom stereocenters. The van der Waals surface area contributed by atoms with Crippen LogP contribution in [0.15, 0.2) is 35.2 Å². The highest BCUT2D eigenvalue weighted by molar-refractivity contribution is 7.92. The van der Waals surface area contributed by atoms with E-state index in [9.17, 15) is 21.6 Å². The molecule has 0 amide bonds. The maximum absolute atomic E-state index is 13.5. The third kappa shape index (κ3) is 3.14. The summed E-state index contributed by atoms with van der Waals surface area (Å²) in [5.41, 5.74) is 0.799. The number of aryl methyl sites for hydroxylation is 1. The average Bonchev–Trinajstić information content (AvgIpc) is 2.39. The van der Waals surface area contributed by atoms with E-state index >= 15 is 0 Å². The lowest BCUT2D eigenvalue weighted by molar-refractivity contribution is 0.432. The highest BCUT2D eigenvalue weighted by atomic mass is 35.5. The summed E-state index contributed by atoms with van der Waals surface area (Å²) in [4.78, 5) is -0.988. The van der Waals surface area contributed by atoms with Gasteiger partial charge in [-0.2, -0.15) is 0 Å². The SMILES string of the molecule is Cc1ccc(NS(=O)(=O)c2ccc(F)c(F)c2F)cc1Cl. The largest absolute Gasteiger partial charge is 0.279 e. The van der Waals surface area contributed by atoms with E-state index in [1.807, 2.05) is 4.72 Å². The van der Waals surface area contributed by atoms with Gasteiger partial charge in [0, 0.05) is 5.02 Å². The Labute approximate surface area is 124 Å². The third-order valence-corrected chi connectivity index (χ3v) is 4.52. The highest BCUT2D eigenvalue weighted by Crippen LogP contribution is 2.25. The van der Waals surface area contributed by atoms with Gasteiger partial charge in [-0.15, -0.1) is 0 Å². The molecule has 0 radical (unpaired) electrons. The Balaban J connectivity index is 2.43. The molecule has 0 bridgehead atoms. The first-order valence-corrected chi connectivity index (χ1v) is 7.51. The van der Waals surface area contributed by atoms with Crippen LogP contribution in [0.5, 0.6) is 0 Å². The van der Waals surface area contributed by atoms with Gasteiger partial charge in [-0.25, -0.2) is 21.6 Å². The lowest BCUT2D eigenvalue weighted by atomic mass is 10.2. The summed E-state index contributed by atoms with van der Waals surface area (Å²) in [5, 5.41) is 0.306. The molecular formula is C13H9ClF3NO2S. The molecule has 8 heteroatoms. The second-order valence-electron chi connectivity index (χ2n) is 4.24. The van der Waals surface area contributed by atoms with E-state index in [4.69, 9.17) is 11.6 Å².